The molecule has 0 radical (unpaired) electrons. The number of hydrogen-bond acceptors (Lipinski definition) is 4. The molecule has 7 heteroatoms. The molecule has 1 unspecified atom stereocenters. The molecule has 1 aliphatic rings. The first kappa shape index (κ1) is 22.0. The number of carbonyl (C=O) groups is 1. The van der Waals surface area contributed by atoms with E-state index in [0.717, 1.165) is 32.0 Å². The van der Waals surface area contributed by atoms with E-state index >= 15 is 0 Å². The van der Waals surface area contributed by atoms with E-state index < -0.39 is 11.7 Å². The van der Waals surface area contributed by atoms with Gasteiger partial charge in [-0.2, -0.15) is 0 Å². The van der Waals surface area contributed by atoms with Gasteiger partial charge in [-0.3, -0.25) is 9.89 Å². The topological polar surface area (TPSA) is 78.0 Å². The van der Waals surface area contributed by atoms with E-state index in [9.17, 15) is 4.79 Å². The number of guanidine groups is 1. The first-order chi connectivity index (χ1) is 13.3. The van der Waals surface area contributed by atoms with Crippen LogP contribution >= 0.6 is 0 Å². The second kappa shape index (κ2) is 10.3. The molecule has 7 nitrogen and oxygen atoms in total. The van der Waals surface area contributed by atoms with Gasteiger partial charge in [-0.05, 0) is 45.2 Å². The first-order valence-electron chi connectivity index (χ1n) is 10.0. The average molecular weight is 390 g/mol. The zero-order chi connectivity index (χ0) is 20.6. The molecule has 1 aromatic rings. The summed E-state index contributed by atoms with van der Waals surface area (Å²) in [6, 6.07) is 9.08. The van der Waals surface area contributed by atoms with Crippen LogP contribution in [-0.4, -0.2) is 61.8 Å². The molecule has 3 N–H and O–H groups in total. The summed E-state index contributed by atoms with van der Waals surface area (Å²) in [7, 11) is 1.75. The number of fused-ring (bicyclic) bond motifs is 1. The molecule has 1 atom stereocenters. The highest BCUT2D eigenvalue weighted by atomic mass is 16.6. The number of alkyl carbamates (subject to hydrolysis) is 1. The Morgan fingerprint density at radius 2 is 1.86 bits per heavy atom. The predicted octanol–water partition coefficient (Wildman–Crippen LogP) is 2.12. The molecule has 1 heterocycles. The minimum absolute atomic E-state index is 0.395. The Morgan fingerprint density at radius 1 is 1.18 bits per heavy atom. The van der Waals surface area contributed by atoms with Crippen LogP contribution in [0, 0.1) is 0 Å². The Balaban J connectivity index is 1.67. The van der Waals surface area contributed by atoms with E-state index in [0.29, 0.717) is 19.1 Å². The van der Waals surface area contributed by atoms with Crippen LogP contribution in [0.5, 0.6) is 0 Å². The summed E-state index contributed by atoms with van der Waals surface area (Å²) in [5.74, 6) is 0.732. The molecule has 0 saturated heterocycles. The molecular weight excluding hydrogens is 354 g/mol. The van der Waals surface area contributed by atoms with Crippen LogP contribution in [0.1, 0.15) is 38.8 Å². The fourth-order valence-corrected chi connectivity index (χ4v) is 3.15. The van der Waals surface area contributed by atoms with Gasteiger partial charge < -0.3 is 20.7 Å². The molecule has 156 valence electrons. The predicted molar refractivity (Wildman–Crippen MR) is 114 cm³/mol. The maximum atomic E-state index is 11.6. The van der Waals surface area contributed by atoms with E-state index in [4.69, 9.17) is 4.74 Å². The summed E-state index contributed by atoms with van der Waals surface area (Å²) >= 11 is 0. The number of carbonyl (C=O) groups excluding carboxylic acids is 1. The normalized spacial score (nSPS) is 16.1. The second-order valence-electron chi connectivity index (χ2n) is 8.15. The number of amides is 1. The van der Waals surface area contributed by atoms with Gasteiger partial charge in [0.25, 0.3) is 0 Å². The Morgan fingerprint density at radius 3 is 2.54 bits per heavy atom. The molecular formula is C21H35N5O2. The number of ether oxygens (including phenoxy) is 1. The minimum atomic E-state index is -0.486. The Labute approximate surface area is 168 Å². The number of rotatable bonds is 6. The number of nitrogens with zero attached hydrogens (tertiary/aromatic N) is 2. The van der Waals surface area contributed by atoms with Crippen molar-refractivity contribution >= 4 is 12.1 Å². The molecule has 2 rings (SSSR count). The standard InChI is InChI=1S/C21H35N5O2/c1-16(26-13-10-17-8-6-7-9-18(17)15-26)14-25-19(22-5)23-11-12-24-20(27)28-21(2,3)4/h6-9,16H,10-15H2,1-5H3,(H,24,27)(H2,22,23,25). The van der Waals surface area contributed by atoms with E-state index in [1.807, 2.05) is 20.8 Å². The molecule has 0 fully saturated rings. The van der Waals surface area contributed by atoms with Crippen LogP contribution in [0.3, 0.4) is 0 Å². The van der Waals surface area contributed by atoms with Crippen molar-refractivity contribution in [2.45, 2.75) is 52.3 Å². The third-order valence-electron chi connectivity index (χ3n) is 4.66. The lowest BCUT2D eigenvalue weighted by Crippen LogP contribution is -2.48. The lowest BCUT2D eigenvalue weighted by Gasteiger charge is -2.34. The average Bonchev–Trinajstić information content (AvgIpc) is 2.65. The highest BCUT2D eigenvalue weighted by Crippen LogP contribution is 2.19. The largest absolute Gasteiger partial charge is 0.444 e. The van der Waals surface area contributed by atoms with Crippen molar-refractivity contribution in [3.8, 4) is 0 Å². The summed E-state index contributed by atoms with van der Waals surface area (Å²) < 4.78 is 5.21. The third kappa shape index (κ3) is 7.38. The lowest BCUT2D eigenvalue weighted by atomic mass is 9.99. The zero-order valence-electron chi connectivity index (χ0n) is 17.8. The smallest absolute Gasteiger partial charge is 0.407 e. The van der Waals surface area contributed by atoms with Gasteiger partial charge in [-0.15, -0.1) is 0 Å². The van der Waals surface area contributed by atoms with E-state index in [1.54, 1.807) is 7.05 Å². The lowest BCUT2D eigenvalue weighted by molar-refractivity contribution is 0.0529. The quantitative estimate of drug-likeness (QED) is 0.395. The summed E-state index contributed by atoms with van der Waals surface area (Å²) in [5, 5.41) is 9.31. The van der Waals surface area contributed by atoms with Gasteiger partial charge in [-0.1, -0.05) is 24.3 Å². The fraction of sp³-hybridized carbons (Fsp3) is 0.619. The van der Waals surface area contributed by atoms with Crippen molar-refractivity contribution < 1.29 is 9.53 Å². The van der Waals surface area contributed by atoms with Crippen molar-refractivity contribution in [1.29, 1.82) is 0 Å². The highest BCUT2D eigenvalue weighted by molar-refractivity contribution is 5.79. The van der Waals surface area contributed by atoms with Crippen molar-refractivity contribution in [1.82, 2.24) is 20.9 Å². The van der Waals surface area contributed by atoms with Crippen molar-refractivity contribution in [3.63, 3.8) is 0 Å². The molecule has 0 bridgehead atoms. The third-order valence-corrected chi connectivity index (χ3v) is 4.66. The molecule has 0 spiro atoms. The summed E-state index contributed by atoms with van der Waals surface area (Å²) in [4.78, 5) is 18.4. The van der Waals surface area contributed by atoms with Crippen LogP contribution in [0.4, 0.5) is 4.79 Å². The van der Waals surface area contributed by atoms with E-state index in [2.05, 4.69) is 57.0 Å². The van der Waals surface area contributed by atoms with Crippen LogP contribution in [-0.2, 0) is 17.7 Å². The van der Waals surface area contributed by atoms with Gasteiger partial charge in [0, 0.05) is 45.8 Å². The SMILES string of the molecule is CN=C(NCCNC(=O)OC(C)(C)C)NCC(C)N1CCc2ccccc2C1. The van der Waals surface area contributed by atoms with E-state index in [1.165, 1.54) is 11.1 Å². The van der Waals surface area contributed by atoms with Gasteiger partial charge in [0.15, 0.2) is 5.96 Å². The molecule has 0 saturated carbocycles. The highest BCUT2D eigenvalue weighted by Gasteiger charge is 2.20. The number of aliphatic imine (C=N–C) groups is 1. The van der Waals surface area contributed by atoms with Gasteiger partial charge in [0.2, 0.25) is 0 Å². The van der Waals surface area contributed by atoms with E-state index in [-0.39, 0.29) is 0 Å². The second-order valence-corrected chi connectivity index (χ2v) is 8.15. The molecule has 1 aliphatic heterocycles. The molecule has 1 amide bonds. The van der Waals surface area contributed by atoms with Crippen LogP contribution in [0.25, 0.3) is 0 Å². The van der Waals surface area contributed by atoms with Gasteiger partial charge in [0.1, 0.15) is 5.60 Å². The minimum Gasteiger partial charge on any atom is -0.444 e. The zero-order valence-corrected chi connectivity index (χ0v) is 17.8. The number of hydrogen-bond donors (Lipinski definition) is 3. The van der Waals surface area contributed by atoms with Crippen LogP contribution in [0.2, 0.25) is 0 Å². The fourth-order valence-electron chi connectivity index (χ4n) is 3.15. The first-order valence-corrected chi connectivity index (χ1v) is 10.0. The van der Waals surface area contributed by atoms with Crippen molar-refractivity contribution in [2.24, 2.45) is 4.99 Å². The van der Waals surface area contributed by atoms with Crippen LogP contribution < -0.4 is 16.0 Å². The van der Waals surface area contributed by atoms with Crippen molar-refractivity contribution in [3.05, 3.63) is 35.4 Å². The Hall–Kier alpha value is -2.28. The summed E-state index contributed by atoms with van der Waals surface area (Å²) in [5.41, 5.74) is 2.41. The van der Waals surface area contributed by atoms with Crippen LogP contribution in [0.15, 0.2) is 29.3 Å². The van der Waals surface area contributed by atoms with Crippen molar-refractivity contribution in [2.75, 3.05) is 33.2 Å². The number of nitrogens with one attached hydrogen (secondary N) is 3. The maximum Gasteiger partial charge on any atom is 0.407 e. The number of benzene rings is 1. The molecule has 0 aromatic heterocycles. The van der Waals surface area contributed by atoms with Gasteiger partial charge >= 0.3 is 6.09 Å². The monoisotopic (exact) mass is 389 g/mol. The summed E-state index contributed by atoms with van der Waals surface area (Å²) in [6.45, 7) is 11.7. The van der Waals surface area contributed by atoms with Gasteiger partial charge in [0.05, 0.1) is 0 Å². The molecule has 0 aliphatic carbocycles. The molecule has 28 heavy (non-hydrogen) atoms. The Kier molecular flexibility index (Phi) is 8.11. The summed E-state index contributed by atoms with van der Waals surface area (Å²) in [6.07, 6.45) is 0.695. The Bertz CT molecular complexity index is 669. The van der Waals surface area contributed by atoms with Gasteiger partial charge in [-0.25, -0.2) is 4.79 Å². The maximum absolute atomic E-state index is 11.6. The molecule has 1 aromatic carbocycles.